The van der Waals surface area contributed by atoms with Gasteiger partial charge in [-0.25, -0.2) is 9.97 Å². The van der Waals surface area contributed by atoms with Crippen molar-refractivity contribution in [2.24, 2.45) is 7.05 Å². The second kappa shape index (κ2) is 6.16. The van der Waals surface area contributed by atoms with E-state index in [0.29, 0.717) is 12.5 Å². The molecule has 0 unspecified atom stereocenters. The molecule has 6 heteroatoms. The normalized spacial score (nSPS) is 11.4. The molecule has 0 aliphatic carbocycles. The van der Waals surface area contributed by atoms with Gasteiger partial charge in [-0.05, 0) is 23.8 Å². The molecule has 0 saturated carbocycles. The fraction of sp³-hybridized carbons (Fsp3) is 0.294. The minimum Gasteiger partial charge on any atom is -0.353 e. The maximum absolute atomic E-state index is 4.57. The van der Waals surface area contributed by atoms with Crippen molar-refractivity contribution >= 4 is 5.95 Å². The lowest BCUT2D eigenvalue weighted by Crippen LogP contribution is -2.28. The predicted octanol–water partition coefficient (Wildman–Crippen LogP) is 2.66. The second-order valence-corrected chi connectivity index (χ2v) is 6.08. The van der Waals surface area contributed by atoms with Crippen LogP contribution in [0.1, 0.15) is 19.4 Å². The summed E-state index contributed by atoms with van der Waals surface area (Å²) in [6.07, 6.45) is 7.20. The third kappa shape index (κ3) is 3.36. The molecular weight excluding hydrogens is 288 g/mol. The monoisotopic (exact) mass is 308 g/mol. The number of aryl methyl sites for hydroxylation is 1. The molecule has 3 aromatic rings. The number of aromatic nitrogens is 5. The highest BCUT2D eigenvalue weighted by molar-refractivity contribution is 5.55. The Morgan fingerprint density at radius 3 is 2.70 bits per heavy atom. The second-order valence-electron chi connectivity index (χ2n) is 6.08. The van der Waals surface area contributed by atoms with Crippen molar-refractivity contribution in [3.63, 3.8) is 0 Å². The number of nitrogens with zero attached hydrogens (tertiary/aromatic N) is 5. The van der Waals surface area contributed by atoms with Crippen molar-refractivity contribution in [2.75, 3.05) is 11.9 Å². The highest BCUT2D eigenvalue weighted by atomic mass is 15.3. The number of rotatable bonds is 5. The van der Waals surface area contributed by atoms with Crippen LogP contribution in [0.25, 0.3) is 11.4 Å². The SMILES string of the molecule is Cn1nccc1-c1ccnc(NCC(C)(C)c2cccnc2)n1. The summed E-state index contributed by atoms with van der Waals surface area (Å²) in [6.45, 7) is 5.05. The van der Waals surface area contributed by atoms with E-state index < -0.39 is 0 Å². The summed E-state index contributed by atoms with van der Waals surface area (Å²) in [5.74, 6) is 0.612. The van der Waals surface area contributed by atoms with Crippen LogP contribution in [-0.2, 0) is 12.5 Å². The molecule has 23 heavy (non-hydrogen) atoms. The van der Waals surface area contributed by atoms with E-state index in [1.165, 1.54) is 5.56 Å². The zero-order valence-corrected chi connectivity index (χ0v) is 13.6. The van der Waals surface area contributed by atoms with Gasteiger partial charge in [0.25, 0.3) is 0 Å². The quantitative estimate of drug-likeness (QED) is 0.785. The molecule has 3 heterocycles. The lowest BCUT2D eigenvalue weighted by atomic mass is 9.86. The van der Waals surface area contributed by atoms with E-state index in [4.69, 9.17) is 0 Å². The summed E-state index contributed by atoms with van der Waals surface area (Å²) < 4.78 is 1.80. The molecule has 6 nitrogen and oxygen atoms in total. The number of hydrogen-bond acceptors (Lipinski definition) is 5. The fourth-order valence-electron chi connectivity index (χ4n) is 2.38. The molecule has 0 aromatic carbocycles. The number of anilines is 1. The molecular formula is C17H20N6. The van der Waals surface area contributed by atoms with Gasteiger partial charge < -0.3 is 5.32 Å². The van der Waals surface area contributed by atoms with Crippen molar-refractivity contribution in [3.8, 4) is 11.4 Å². The summed E-state index contributed by atoms with van der Waals surface area (Å²) >= 11 is 0. The van der Waals surface area contributed by atoms with Crippen LogP contribution in [0, 0.1) is 0 Å². The van der Waals surface area contributed by atoms with Gasteiger partial charge in [0, 0.05) is 43.8 Å². The predicted molar refractivity (Wildman–Crippen MR) is 90.0 cm³/mol. The molecule has 0 aliphatic rings. The molecule has 0 aliphatic heterocycles. The minimum absolute atomic E-state index is 0.0693. The molecule has 0 fully saturated rings. The Morgan fingerprint density at radius 2 is 2.00 bits per heavy atom. The van der Waals surface area contributed by atoms with E-state index in [-0.39, 0.29) is 5.41 Å². The zero-order valence-electron chi connectivity index (χ0n) is 13.6. The lowest BCUT2D eigenvalue weighted by Gasteiger charge is -2.25. The smallest absolute Gasteiger partial charge is 0.223 e. The van der Waals surface area contributed by atoms with Gasteiger partial charge in [-0.15, -0.1) is 0 Å². The van der Waals surface area contributed by atoms with Gasteiger partial charge in [0.05, 0.1) is 11.4 Å². The van der Waals surface area contributed by atoms with Crippen molar-refractivity contribution in [2.45, 2.75) is 19.3 Å². The van der Waals surface area contributed by atoms with Crippen LogP contribution in [0.3, 0.4) is 0 Å². The van der Waals surface area contributed by atoms with Gasteiger partial charge in [-0.3, -0.25) is 9.67 Å². The Bertz CT molecular complexity index is 779. The summed E-state index contributed by atoms with van der Waals surface area (Å²) in [7, 11) is 1.90. The molecule has 3 aromatic heterocycles. The van der Waals surface area contributed by atoms with Gasteiger partial charge in [0.15, 0.2) is 0 Å². The van der Waals surface area contributed by atoms with E-state index in [9.17, 15) is 0 Å². The van der Waals surface area contributed by atoms with E-state index in [1.54, 1.807) is 23.3 Å². The summed E-state index contributed by atoms with van der Waals surface area (Å²) in [6, 6.07) is 7.86. The largest absolute Gasteiger partial charge is 0.353 e. The first kappa shape index (κ1) is 15.1. The van der Waals surface area contributed by atoms with Crippen LogP contribution < -0.4 is 5.32 Å². The Labute approximate surface area is 135 Å². The van der Waals surface area contributed by atoms with Crippen LogP contribution in [0.15, 0.2) is 49.1 Å². The molecule has 0 amide bonds. The summed E-state index contributed by atoms with van der Waals surface area (Å²) in [4.78, 5) is 13.1. The summed E-state index contributed by atoms with van der Waals surface area (Å²) in [5, 5.41) is 7.50. The van der Waals surface area contributed by atoms with Gasteiger partial charge in [-0.2, -0.15) is 5.10 Å². The Kier molecular flexibility index (Phi) is 4.06. The number of nitrogens with one attached hydrogen (secondary N) is 1. The van der Waals surface area contributed by atoms with Crippen LogP contribution in [0.4, 0.5) is 5.95 Å². The van der Waals surface area contributed by atoms with Crippen LogP contribution in [0.2, 0.25) is 0 Å². The topological polar surface area (TPSA) is 68.5 Å². The Balaban J connectivity index is 1.75. The fourth-order valence-corrected chi connectivity index (χ4v) is 2.38. The average molecular weight is 308 g/mol. The highest BCUT2D eigenvalue weighted by Gasteiger charge is 2.21. The van der Waals surface area contributed by atoms with Crippen molar-refractivity contribution in [1.82, 2.24) is 24.7 Å². The molecule has 3 rings (SSSR count). The first-order chi connectivity index (χ1) is 11.1. The first-order valence-corrected chi connectivity index (χ1v) is 7.52. The molecule has 0 atom stereocenters. The zero-order chi connectivity index (χ0) is 16.3. The standard InChI is InChI=1S/C17H20N6/c1-17(2,13-5-4-8-18-11-13)12-20-16-19-9-6-14(22-16)15-7-10-21-23(15)3/h4-11H,12H2,1-3H3,(H,19,20,22). The summed E-state index contributed by atoms with van der Waals surface area (Å²) in [5.41, 5.74) is 2.92. The lowest BCUT2D eigenvalue weighted by molar-refractivity contribution is 0.552. The van der Waals surface area contributed by atoms with Crippen LogP contribution >= 0.6 is 0 Å². The third-order valence-electron chi connectivity index (χ3n) is 3.87. The van der Waals surface area contributed by atoms with Gasteiger partial charge in [0.1, 0.15) is 0 Å². The number of pyridine rings is 1. The van der Waals surface area contributed by atoms with Gasteiger partial charge in [0.2, 0.25) is 5.95 Å². The van der Waals surface area contributed by atoms with Gasteiger partial charge in [-0.1, -0.05) is 19.9 Å². The molecule has 0 radical (unpaired) electrons. The Hall–Kier alpha value is -2.76. The molecule has 0 bridgehead atoms. The molecule has 1 N–H and O–H groups in total. The maximum Gasteiger partial charge on any atom is 0.223 e. The van der Waals surface area contributed by atoms with E-state index in [1.807, 2.05) is 31.4 Å². The molecule has 0 spiro atoms. The van der Waals surface area contributed by atoms with Crippen LogP contribution in [-0.4, -0.2) is 31.3 Å². The van der Waals surface area contributed by atoms with Crippen molar-refractivity contribution < 1.29 is 0 Å². The van der Waals surface area contributed by atoms with E-state index in [0.717, 1.165) is 11.4 Å². The number of hydrogen-bond donors (Lipinski definition) is 1. The van der Waals surface area contributed by atoms with Crippen molar-refractivity contribution in [3.05, 3.63) is 54.6 Å². The Morgan fingerprint density at radius 1 is 1.13 bits per heavy atom. The van der Waals surface area contributed by atoms with Crippen LogP contribution in [0.5, 0.6) is 0 Å². The molecule has 0 saturated heterocycles. The average Bonchev–Trinajstić information content (AvgIpc) is 3.00. The van der Waals surface area contributed by atoms with E-state index >= 15 is 0 Å². The minimum atomic E-state index is -0.0693. The molecule has 118 valence electrons. The highest BCUT2D eigenvalue weighted by Crippen LogP contribution is 2.23. The van der Waals surface area contributed by atoms with E-state index in [2.05, 4.69) is 45.3 Å². The van der Waals surface area contributed by atoms with Crippen molar-refractivity contribution in [1.29, 1.82) is 0 Å². The third-order valence-corrected chi connectivity index (χ3v) is 3.87. The maximum atomic E-state index is 4.57. The van der Waals surface area contributed by atoms with Gasteiger partial charge >= 0.3 is 0 Å². The first-order valence-electron chi connectivity index (χ1n) is 7.52.